The third-order valence-corrected chi connectivity index (χ3v) is 5.28. The molecular formula is C23H28Cl2N2O7. The van der Waals surface area contributed by atoms with Crippen LogP contribution in [-0.2, 0) is 36.8 Å². The Kier molecular flexibility index (Phi) is 10.5. The molecule has 2 heterocycles. The Morgan fingerprint density at radius 2 is 1.97 bits per heavy atom. The monoisotopic (exact) mass is 514 g/mol. The number of hydrogen-bond donors (Lipinski definition) is 0. The van der Waals surface area contributed by atoms with E-state index in [2.05, 4.69) is 10.1 Å². The van der Waals surface area contributed by atoms with Crippen LogP contribution in [-0.4, -0.2) is 49.9 Å². The van der Waals surface area contributed by atoms with Gasteiger partial charge in [0.2, 0.25) is 12.2 Å². The van der Waals surface area contributed by atoms with Crippen LogP contribution in [0.25, 0.3) is 0 Å². The highest BCUT2D eigenvalue weighted by Gasteiger charge is 2.16. The van der Waals surface area contributed by atoms with Gasteiger partial charge >= 0.3 is 5.97 Å². The Morgan fingerprint density at radius 1 is 1.18 bits per heavy atom. The van der Waals surface area contributed by atoms with Crippen molar-refractivity contribution in [3.63, 3.8) is 0 Å². The van der Waals surface area contributed by atoms with Crippen molar-refractivity contribution < 1.29 is 33.0 Å². The maximum atomic E-state index is 10.8. The van der Waals surface area contributed by atoms with Crippen molar-refractivity contribution in [2.24, 2.45) is 4.99 Å². The molecule has 2 aromatic rings. The number of carbonyl (C=O) groups is 1. The van der Waals surface area contributed by atoms with Gasteiger partial charge in [-0.15, -0.1) is 0 Å². The van der Waals surface area contributed by atoms with Crippen LogP contribution in [0.5, 0.6) is 5.75 Å². The summed E-state index contributed by atoms with van der Waals surface area (Å²) in [6, 6.07) is 5.36. The molecule has 0 spiro atoms. The fourth-order valence-electron chi connectivity index (χ4n) is 3.18. The second kappa shape index (κ2) is 13.5. The maximum absolute atomic E-state index is 10.8. The lowest BCUT2D eigenvalue weighted by molar-refractivity contribution is -0.196. The van der Waals surface area contributed by atoms with Crippen LogP contribution in [0.1, 0.15) is 50.1 Å². The molecule has 1 unspecified atom stereocenters. The molecule has 1 aliphatic heterocycles. The average Bonchev–Trinajstić information content (AvgIpc) is 3.47. The van der Waals surface area contributed by atoms with E-state index in [1.165, 1.54) is 6.92 Å². The van der Waals surface area contributed by atoms with Crippen molar-refractivity contribution in [1.82, 2.24) is 5.16 Å². The van der Waals surface area contributed by atoms with Crippen LogP contribution >= 0.6 is 23.2 Å². The average molecular weight is 515 g/mol. The molecule has 9 nitrogen and oxygen atoms in total. The summed E-state index contributed by atoms with van der Waals surface area (Å²) in [5, 5.41) is 4.85. The number of unbranched alkanes of at least 4 members (excludes halogenated alkanes) is 2. The minimum atomic E-state index is -0.665. The van der Waals surface area contributed by atoms with Gasteiger partial charge in [-0.2, -0.15) is 0 Å². The van der Waals surface area contributed by atoms with Gasteiger partial charge in [-0.3, -0.25) is 4.79 Å². The molecular weight excluding hydrogens is 487 g/mol. The molecule has 1 aromatic carbocycles. The van der Waals surface area contributed by atoms with Gasteiger partial charge in [-0.1, -0.05) is 28.4 Å². The Labute approximate surface area is 208 Å². The zero-order valence-corrected chi connectivity index (χ0v) is 20.7. The first-order valence-corrected chi connectivity index (χ1v) is 11.8. The van der Waals surface area contributed by atoms with Crippen molar-refractivity contribution in [2.45, 2.75) is 52.4 Å². The Balaban J connectivity index is 1.29. The number of aryl methyl sites for hydroxylation is 1. The van der Waals surface area contributed by atoms with Crippen LogP contribution in [0.4, 0.5) is 0 Å². The SMILES string of the molecule is CC(=O)OC(C)OCOCc1cc(CCCCCOc2c(Cl)cc(C3=NCCO3)cc2Cl)on1. The van der Waals surface area contributed by atoms with Crippen molar-refractivity contribution in [3.8, 4) is 5.75 Å². The zero-order chi connectivity index (χ0) is 24.3. The number of rotatable bonds is 14. The predicted molar refractivity (Wildman–Crippen MR) is 125 cm³/mol. The molecule has 0 saturated carbocycles. The first-order chi connectivity index (χ1) is 16.4. The number of aromatic nitrogens is 1. The van der Waals surface area contributed by atoms with Gasteiger partial charge in [0, 0.05) is 25.0 Å². The molecule has 0 bridgehead atoms. The van der Waals surface area contributed by atoms with Gasteiger partial charge in [-0.25, -0.2) is 4.99 Å². The lowest BCUT2D eigenvalue weighted by Gasteiger charge is -2.12. The summed E-state index contributed by atoms with van der Waals surface area (Å²) in [4.78, 5) is 15.1. The third kappa shape index (κ3) is 8.47. The van der Waals surface area contributed by atoms with Crippen LogP contribution in [0.15, 0.2) is 27.7 Å². The Morgan fingerprint density at radius 3 is 2.68 bits per heavy atom. The normalized spacial score (nSPS) is 13.9. The second-order valence-corrected chi connectivity index (χ2v) is 8.37. The van der Waals surface area contributed by atoms with Crippen LogP contribution < -0.4 is 4.74 Å². The number of aliphatic imine (C=N–C) groups is 1. The van der Waals surface area contributed by atoms with Crippen LogP contribution in [0.2, 0.25) is 10.0 Å². The molecule has 186 valence electrons. The summed E-state index contributed by atoms with van der Waals surface area (Å²) in [5.74, 6) is 1.40. The Hall–Kier alpha value is -2.33. The highest BCUT2D eigenvalue weighted by atomic mass is 35.5. The summed E-state index contributed by atoms with van der Waals surface area (Å²) in [6.45, 7) is 4.86. The topological polar surface area (TPSA) is 102 Å². The van der Waals surface area contributed by atoms with E-state index >= 15 is 0 Å². The van der Waals surface area contributed by atoms with Crippen molar-refractivity contribution in [1.29, 1.82) is 0 Å². The number of ether oxygens (including phenoxy) is 5. The second-order valence-electron chi connectivity index (χ2n) is 7.56. The first-order valence-electron chi connectivity index (χ1n) is 11.0. The van der Waals surface area contributed by atoms with Gasteiger partial charge in [0.1, 0.15) is 18.1 Å². The summed E-state index contributed by atoms with van der Waals surface area (Å²) >= 11 is 12.7. The maximum Gasteiger partial charge on any atom is 0.304 e. The molecule has 1 aromatic heterocycles. The number of halogens is 2. The number of hydrogen-bond acceptors (Lipinski definition) is 9. The largest absolute Gasteiger partial charge is 0.490 e. The van der Waals surface area contributed by atoms with E-state index in [1.54, 1.807) is 19.1 Å². The zero-order valence-electron chi connectivity index (χ0n) is 19.2. The summed E-state index contributed by atoms with van der Waals surface area (Å²) in [7, 11) is 0. The van der Waals surface area contributed by atoms with Gasteiger partial charge in [0.05, 0.1) is 29.8 Å². The molecule has 0 amide bonds. The van der Waals surface area contributed by atoms with Gasteiger partial charge in [0.15, 0.2) is 12.5 Å². The van der Waals surface area contributed by atoms with Crippen molar-refractivity contribution >= 4 is 35.1 Å². The number of nitrogens with zero attached hydrogens (tertiary/aromatic N) is 2. The van der Waals surface area contributed by atoms with E-state index < -0.39 is 12.3 Å². The molecule has 1 atom stereocenters. The summed E-state index contributed by atoms with van der Waals surface area (Å²) < 4.78 is 32.0. The summed E-state index contributed by atoms with van der Waals surface area (Å²) in [6.07, 6.45) is 2.78. The molecule has 0 saturated heterocycles. The van der Waals surface area contributed by atoms with Gasteiger partial charge < -0.3 is 28.2 Å². The molecule has 0 aliphatic carbocycles. The van der Waals surface area contributed by atoms with Gasteiger partial charge in [-0.05, 0) is 38.3 Å². The standard InChI is InChI=1S/C23H28Cl2N2O7/c1-15(28)33-16(2)32-14-29-13-18-12-19(34-27-18)6-4-3-5-8-30-22-20(24)10-17(11-21(22)25)23-26-7-9-31-23/h10-12,16H,3-9,13-14H2,1-2H3. The Bertz CT molecular complexity index is 957. The third-order valence-electron chi connectivity index (χ3n) is 4.72. The number of benzene rings is 1. The van der Waals surface area contributed by atoms with Crippen molar-refractivity contribution in [2.75, 3.05) is 26.6 Å². The lowest BCUT2D eigenvalue weighted by Crippen LogP contribution is -2.17. The van der Waals surface area contributed by atoms with E-state index in [9.17, 15) is 4.79 Å². The van der Waals surface area contributed by atoms with E-state index in [-0.39, 0.29) is 13.4 Å². The van der Waals surface area contributed by atoms with E-state index in [4.69, 9.17) is 51.4 Å². The number of esters is 1. The first kappa shape index (κ1) is 26.3. The van der Waals surface area contributed by atoms with E-state index in [1.807, 2.05) is 6.07 Å². The van der Waals surface area contributed by atoms with Gasteiger partial charge in [0.25, 0.3) is 0 Å². The smallest absolute Gasteiger partial charge is 0.304 e. The molecule has 0 N–H and O–H groups in total. The fourth-order valence-corrected chi connectivity index (χ4v) is 3.78. The molecule has 11 heteroatoms. The van der Waals surface area contributed by atoms with Crippen LogP contribution in [0, 0.1) is 0 Å². The molecule has 0 radical (unpaired) electrons. The highest BCUT2D eigenvalue weighted by molar-refractivity contribution is 6.37. The number of carbonyl (C=O) groups excluding carboxylic acids is 1. The van der Waals surface area contributed by atoms with Crippen LogP contribution in [0.3, 0.4) is 0 Å². The predicted octanol–water partition coefficient (Wildman–Crippen LogP) is 4.95. The minimum absolute atomic E-state index is 0.0179. The molecule has 0 fully saturated rings. The molecule has 3 rings (SSSR count). The van der Waals surface area contributed by atoms with E-state index in [0.717, 1.165) is 37.0 Å². The minimum Gasteiger partial charge on any atom is -0.490 e. The molecule has 1 aliphatic rings. The summed E-state index contributed by atoms with van der Waals surface area (Å²) in [5.41, 5.74) is 1.42. The highest BCUT2D eigenvalue weighted by Crippen LogP contribution is 2.35. The molecule has 34 heavy (non-hydrogen) atoms. The quantitative estimate of drug-likeness (QED) is 0.198. The fraction of sp³-hybridized carbons (Fsp3) is 0.522. The lowest BCUT2D eigenvalue weighted by atomic mass is 10.1. The van der Waals surface area contributed by atoms with Crippen molar-refractivity contribution in [3.05, 3.63) is 45.3 Å². The van der Waals surface area contributed by atoms with E-state index in [0.29, 0.717) is 47.1 Å².